The van der Waals surface area contributed by atoms with Crippen LogP contribution in [-0.2, 0) is 131 Å². The molecule has 2 fully saturated rings. The van der Waals surface area contributed by atoms with Gasteiger partial charge in [-0.1, -0.05) is 51.7 Å². The first kappa shape index (κ1) is 53.8. The minimum Gasteiger partial charge on any atom is -0.482 e. The zero-order valence-electron chi connectivity index (χ0n) is 32.8. The average Bonchev–Trinajstić information content (AvgIpc) is 2.99. The quantitative estimate of drug-likeness (QED) is 0.228. The van der Waals surface area contributed by atoms with E-state index in [9.17, 15) is 15.0 Å². The number of carbonyl (C=O) groups excluding carboxylic acids is 1. The number of allylic oxidation sites excluding steroid dienone is 1. The van der Waals surface area contributed by atoms with Crippen molar-refractivity contribution in [2.45, 2.75) is 135 Å². The van der Waals surface area contributed by atoms with E-state index in [-0.39, 0.29) is 149 Å². The minimum atomic E-state index is -1.55. The maximum atomic E-state index is 13.6. The summed E-state index contributed by atoms with van der Waals surface area (Å²) in [4.78, 5) is 15.8. The average molecular weight is 934 g/mol. The van der Waals surface area contributed by atoms with E-state index < -0.39 is 59.9 Å². The van der Waals surface area contributed by atoms with Gasteiger partial charge < -0.3 is 51.0 Å². The smallest absolute Gasteiger partial charge is 0.185 e. The van der Waals surface area contributed by atoms with Gasteiger partial charge in [0.2, 0.25) is 0 Å². The molecule has 0 spiro atoms. The molecule has 0 unspecified atom stereocenters. The molecule has 0 aromatic heterocycles. The van der Waals surface area contributed by atoms with E-state index in [0.29, 0.717) is 12.8 Å². The van der Waals surface area contributed by atoms with E-state index in [1.807, 2.05) is 66.9 Å². The van der Waals surface area contributed by atoms with Crippen LogP contribution in [0.2, 0.25) is 0 Å². The molecule has 0 aromatic carbocycles. The molecule has 3 heterocycles. The largest absolute Gasteiger partial charge is 0.482 e. The van der Waals surface area contributed by atoms with Gasteiger partial charge in [-0.15, -0.1) is 0 Å². The van der Waals surface area contributed by atoms with E-state index in [1.54, 1.807) is 21.0 Å². The summed E-state index contributed by atoms with van der Waals surface area (Å²) in [6.07, 6.45) is 2.32. The van der Waals surface area contributed by atoms with Crippen molar-refractivity contribution < 1.29 is 142 Å². The fraction of sp³-hybridized carbons (Fsp3) is 0.784. The monoisotopic (exact) mass is 933 g/mol. The maximum Gasteiger partial charge on any atom is 0.185 e. The molecule has 2 bridgehead atoms. The number of nitrogens with zero attached hydrogens (tertiary/aromatic N) is 1. The number of rotatable bonds is 5. The van der Waals surface area contributed by atoms with Crippen LogP contribution in [0, 0.1) is 38.0 Å². The number of hydrogen-bond donors (Lipinski definition) is 2. The topological polar surface area (TPSA) is 116 Å². The summed E-state index contributed by atoms with van der Waals surface area (Å²) < 4.78 is 38.4. The standard InChI is InChI=1S/C36H61NO9.CH3.3Y/c1-13-26-21(3)20-35(8)31(46-34-30(41-12)27(37(10)11)19-22(4)44-34)24(6)29(38)25(7)33(39)45-28(14-2)36(9,40)32(23(26)5)42-17-15-16-18-43-35;;;;/h13,15-16,21-24,27-32,34,38,40H,1,14,17-20H2,2-12H3;1H3;;;/q-2;-1;;;/b16-15-,26-13+;;;;/t21-,22-,23+,24+,27+,28-,29+,30-,31-,32-,34+,35-,36-;;;;/m1..../s1. The van der Waals surface area contributed by atoms with Gasteiger partial charge in [0.25, 0.3) is 0 Å². The van der Waals surface area contributed by atoms with E-state index in [4.69, 9.17) is 28.4 Å². The number of fused-ring (bicyclic) bond motifs is 5. The van der Waals surface area contributed by atoms with E-state index in [2.05, 4.69) is 18.7 Å². The Morgan fingerprint density at radius 1 is 1.12 bits per heavy atom. The molecule has 0 saturated carbocycles. The molecule has 50 heavy (non-hydrogen) atoms. The van der Waals surface area contributed by atoms with Gasteiger partial charge >= 0.3 is 0 Å². The van der Waals surface area contributed by atoms with Crippen LogP contribution in [0.15, 0.2) is 23.8 Å². The number of carbonyl (C=O) groups is 1. The zero-order valence-corrected chi connectivity index (χ0v) is 41.3. The third-order valence-corrected chi connectivity index (χ3v) is 10.5. The number of methoxy groups -OCH3 is 1. The Hall–Kier alpha value is 1.68. The second-order valence-corrected chi connectivity index (χ2v) is 14.3. The number of aliphatic hydroxyl groups is 2. The molecular weight excluding hydrogens is 869 g/mol. The molecule has 0 aliphatic carbocycles. The Bertz CT molecular complexity index is 1060. The Morgan fingerprint density at radius 3 is 2.26 bits per heavy atom. The first-order valence-electron chi connectivity index (χ1n) is 16.9. The molecule has 3 aliphatic rings. The predicted octanol–water partition coefficient (Wildman–Crippen LogP) is 4.73. The Labute approximate surface area is 379 Å². The van der Waals surface area contributed by atoms with Crippen molar-refractivity contribution in [1.82, 2.24) is 4.90 Å². The van der Waals surface area contributed by atoms with Gasteiger partial charge in [0.15, 0.2) is 12.3 Å². The number of likely N-dealkylation sites (N-methyl/N-ethyl adjacent to an activating group) is 1. The molecule has 2 saturated heterocycles. The molecule has 13 atom stereocenters. The van der Waals surface area contributed by atoms with Crippen molar-refractivity contribution in [1.29, 1.82) is 0 Å². The van der Waals surface area contributed by atoms with Crippen molar-refractivity contribution in [3.63, 3.8) is 0 Å². The van der Waals surface area contributed by atoms with Crippen molar-refractivity contribution in [2.75, 3.05) is 34.4 Å². The van der Waals surface area contributed by atoms with E-state index >= 15 is 0 Å². The second kappa shape index (κ2) is 23.7. The molecule has 283 valence electrons. The molecular formula is C37H64NO9Y3-3. The van der Waals surface area contributed by atoms with Crippen LogP contribution in [0.3, 0.4) is 0 Å². The summed E-state index contributed by atoms with van der Waals surface area (Å²) in [6, 6.07) is 0.0323. The molecule has 0 aromatic rings. The Morgan fingerprint density at radius 2 is 1.72 bits per heavy atom. The van der Waals surface area contributed by atoms with E-state index in [0.717, 1.165) is 12.0 Å². The van der Waals surface area contributed by atoms with Crippen LogP contribution in [0.5, 0.6) is 0 Å². The van der Waals surface area contributed by atoms with Gasteiger partial charge in [-0.3, -0.25) is 4.79 Å². The van der Waals surface area contributed by atoms with Crippen LogP contribution in [0.25, 0.3) is 0 Å². The number of cyclic esters (lactones) is 1. The maximum absolute atomic E-state index is 13.6. The third kappa shape index (κ3) is 12.6. The van der Waals surface area contributed by atoms with Crippen molar-refractivity contribution in [2.24, 2.45) is 17.8 Å². The Kier molecular flexibility index (Phi) is 25.5. The first-order valence-corrected chi connectivity index (χ1v) is 16.9. The fourth-order valence-electron chi connectivity index (χ4n) is 7.92. The summed E-state index contributed by atoms with van der Waals surface area (Å²) in [5.41, 5.74) is -1.55. The number of hydrogen-bond acceptors (Lipinski definition) is 10. The minimum absolute atomic E-state index is 0. The van der Waals surface area contributed by atoms with Gasteiger partial charge in [-0.25, -0.2) is 24.5 Å². The summed E-state index contributed by atoms with van der Waals surface area (Å²) >= 11 is 0. The molecule has 3 radical (unpaired) electrons. The fourth-order valence-corrected chi connectivity index (χ4v) is 7.92. The summed E-state index contributed by atoms with van der Waals surface area (Å²) in [6.45, 7) is 19.7. The van der Waals surface area contributed by atoms with Crippen molar-refractivity contribution in [3.05, 3.63) is 44.1 Å². The van der Waals surface area contributed by atoms with Crippen LogP contribution in [0.4, 0.5) is 0 Å². The summed E-state index contributed by atoms with van der Waals surface area (Å²) in [7, 11) is 5.68. The van der Waals surface area contributed by atoms with Gasteiger partial charge in [0, 0.05) is 111 Å². The number of ether oxygens (including phenoxy) is 6. The first-order chi connectivity index (χ1) is 21.5. The molecule has 13 heteroatoms. The molecule has 3 aliphatic heterocycles. The second-order valence-electron chi connectivity index (χ2n) is 14.3. The van der Waals surface area contributed by atoms with Crippen molar-refractivity contribution in [3.8, 4) is 0 Å². The van der Waals surface area contributed by atoms with Crippen molar-refractivity contribution >= 4 is 5.97 Å². The SMILES string of the molecule is [CH2-]/C=C1\[C@H](C)C[C@@]2(C)OC/C=C\CO[C@H]([C@H]1C)[C@](C)(O)[C@@H](CC)OC(=O)[C-](C)[C@@H](O)[C@H](C)[C@H]2O[C@@H]1O[C@H](C)C[C@H](N(C)C)[C@H]1OC.[CH3-].[Y].[Y].[Y]. The van der Waals surface area contributed by atoms with Crippen LogP contribution < -0.4 is 0 Å². The molecule has 3 rings (SSSR count). The summed E-state index contributed by atoms with van der Waals surface area (Å²) in [5.74, 6) is -1.58. The molecule has 2 N–H and O–H groups in total. The molecule has 0 amide bonds. The van der Waals surface area contributed by atoms with Gasteiger partial charge in [0.1, 0.15) is 17.8 Å². The van der Waals surface area contributed by atoms with Gasteiger partial charge in [-0.05, 0) is 66.2 Å². The summed E-state index contributed by atoms with van der Waals surface area (Å²) in [5, 5.41) is 23.9. The number of aliphatic hydroxyl groups excluding tert-OH is 1. The van der Waals surface area contributed by atoms with Crippen LogP contribution >= 0.6 is 0 Å². The molecule has 10 nitrogen and oxygen atoms in total. The third-order valence-electron chi connectivity index (χ3n) is 10.5. The van der Waals surface area contributed by atoms with Gasteiger partial charge in [0.05, 0.1) is 37.1 Å². The van der Waals surface area contributed by atoms with E-state index in [1.165, 1.54) is 0 Å². The van der Waals surface area contributed by atoms with Crippen LogP contribution in [-0.4, -0.2) is 116 Å². The number of esters is 1. The van der Waals surface area contributed by atoms with Gasteiger partial charge in [-0.2, -0.15) is 6.92 Å². The zero-order chi connectivity index (χ0) is 34.6. The predicted molar refractivity (Wildman–Crippen MR) is 183 cm³/mol. The normalized spacial score (nSPS) is 41.7. The van der Waals surface area contributed by atoms with Crippen LogP contribution in [0.1, 0.15) is 74.7 Å². The Balaban J connectivity index is 0.